The average Bonchev–Trinajstić information content (AvgIpc) is 2.28. The lowest BCUT2D eigenvalue weighted by Crippen LogP contribution is -2.36. The maximum absolute atomic E-state index is 12.2. The second-order valence-corrected chi connectivity index (χ2v) is 9.56. The van der Waals surface area contributed by atoms with Crippen LogP contribution in [0.25, 0.3) is 0 Å². The molecule has 0 heterocycles. The molecule has 0 aliphatic carbocycles. The fraction of sp³-hybridized carbons (Fsp3) is 0.417. The summed E-state index contributed by atoms with van der Waals surface area (Å²) in [7, 11) is 0.383. The monoisotopic (exact) mass is 415 g/mol. The fourth-order valence-corrected chi connectivity index (χ4v) is 4.46. The summed E-state index contributed by atoms with van der Waals surface area (Å²) >= 11 is 3.16. The molecule has 9 heteroatoms. The molecule has 0 saturated carbocycles. The molecule has 1 amide bonds. The molecular weight excluding hydrogens is 402 g/mol. The maximum atomic E-state index is 12.2. The van der Waals surface area contributed by atoms with Crippen LogP contribution in [0.4, 0.5) is 0 Å². The van der Waals surface area contributed by atoms with Gasteiger partial charge in [-0.2, -0.15) is 0 Å². The van der Waals surface area contributed by atoms with Crippen LogP contribution in [0.1, 0.15) is 22.8 Å². The molecule has 0 saturated heterocycles. The lowest BCUT2D eigenvalue weighted by molar-refractivity contribution is 0.0943. The fourth-order valence-electron chi connectivity index (χ4n) is 1.84. The van der Waals surface area contributed by atoms with E-state index in [9.17, 15) is 17.4 Å². The van der Waals surface area contributed by atoms with Crippen molar-refractivity contribution in [3.8, 4) is 0 Å². The Labute approximate surface area is 139 Å². The predicted molar refractivity (Wildman–Crippen MR) is 87.8 cm³/mol. The molecule has 1 aromatic rings. The van der Waals surface area contributed by atoms with Crippen molar-refractivity contribution in [2.45, 2.75) is 24.8 Å². The first-order valence-electron chi connectivity index (χ1n) is 5.88. The van der Waals surface area contributed by atoms with Gasteiger partial charge in [-0.3, -0.25) is 9.00 Å². The Morgan fingerprint density at radius 1 is 1.48 bits per heavy atom. The normalized spacial score (nSPS) is 14.5. The third-order valence-electron chi connectivity index (χ3n) is 2.69. The van der Waals surface area contributed by atoms with Gasteiger partial charge in [0.1, 0.15) is 0 Å². The number of halogens is 2. The van der Waals surface area contributed by atoms with Crippen molar-refractivity contribution in [3.63, 3.8) is 0 Å². The summed E-state index contributed by atoms with van der Waals surface area (Å²) in [5, 5.41) is 2.68. The highest BCUT2D eigenvalue weighted by Crippen LogP contribution is 2.27. The molecule has 1 N–H and O–H groups in total. The highest BCUT2D eigenvalue weighted by atomic mass is 79.9. The number of carbonyl (C=O) groups is 1. The molecular formula is C12H15BrClNO4S2. The Morgan fingerprint density at radius 2 is 2.05 bits per heavy atom. The highest BCUT2D eigenvalue weighted by molar-refractivity contribution is 9.10. The molecule has 118 valence electrons. The summed E-state index contributed by atoms with van der Waals surface area (Å²) in [6.07, 6.45) is 1.55. The molecule has 0 aliphatic rings. The summed E-state index contributed by atoms with van der Waals surface area (Å²) in [5.74, 6) is -0.118. The summed E-state index contributed by atoms with van der Waals surface area (Å²) in [6, 6.07) is 2.57. The first-order chi connectivity index (χ1) is 9.52. The molecule has 0 aromatic heterocycles. The highest BCUT2D eigenvalue weighted by Gasteiger charge is 2.21. The van der Waals surface area contributed by atoms with Crippen LogP contribution in [0.15, 0.2) is 21.5 Å². The van der Waals surface area contributed by atoms with E-state index in [1.807, 2.05) is 0 Å². The molecule has 0 bridgehead atoms. The van der Waals surface area contributed by atoms with Crippen molar-refractivity contribution in [3.05, 3.63) is 27.7 Å². The van der Waals surface area contributed by atoms with Crippen molar-refractivity contribution in [2.24, 2.45) is 0 Å². The lowest BCUT2D eigenvalue weighted by Gasteiger charge is -2.15. The molecule has 0 aliphatic heterocycles. The Bertz CT molecular complexity index is 691. The van der Waals surface area contributed by atoms with Gasteiger partial charge in [0.2, 0.25) is 0 Å². The zero-order valence-corrected chi connectivity index (χ0v) is 15.6. The molecule has 2 atom stereocenters. The van der Waals surface area contributed by atoms with Gasteiger partial charge in [-0.05, 0) is 31.5 Å². The summed E-state index contributed by atoms with van der Waals surface area (Å²) in [5.41, 5.74) is 0.479. The summed E-state index contributed by atoms with van der Waals surface area (Å²) in [4.78, 5) is 12.1. The Kier molecular flexibility index (Phi) is 6.39. The van der Waals surface area contributed by atoms with Gasteiger partial charge >= 0.3 is 0 Å². The zero-order chi connectivity index (χ0) is 16.4. The van der Waals surface area contributed by atoms with Crippen LogP contribution in [0, 0.1) is 6.92 Å². The summed E-state index contributed by atoms with van der Waals surface area (Å²) in [6.45, 7) is 3.24. The number of hydrogen-bond acceptors (Lipinski definition) is 4. The van der Waals surface area contributed by atoms with Crippen LogP contribution in [0.2, 0.25) is 0 Å². The topological polar surface area (TPSA) is 80.3 Å². The number of benzene rings is 1. The van der Waals surface area contributed by atoms with Gasteiger partial charge < -0.3 is 5.32 Å². The molecule has 5 nitrogen and oxygen atoms in total. The van der Waals surface area contributed by atoms with Crippen molar-refractivity contribution in [2.75, 3.05) is 12.0 Å². The van der Waals surface area contributed by atoms with Crippen LogP contribution in [0.3, 0.4) is 0 Å². The van der Waals surface area contributed by atoms with E-state index >= 15 is 0 Å². The van der Waals surface area contributed by atoms with E-state index in [0.29, 0.717) is 10.2 Å². The van der Waals surface area contributed by atoms with Gasteiger partial charge in [0.25, 0.3) is 15.0 Å². The van der Waals surface area contributed by atoms with E-state index in [-0.39, 0.29) is 22.1 Å². The predicted octanol–water partition coefficient (Wildman–Crippen LogP) is 2.18. The Balaban J connectivity index is 3.17. The number of rotatable bonds is 5. The second-order valence-electron chi connectivity index (χ2n) is 4.63. The van der Waals surface area contributed by atoms with E-state index < -0.39 is 25.8 Å². The average molecular weight is 417 g/mol. The molecule has 0 radical (unpaired) electrons. The zero-order valence-electron chi connectivity index (χ0n) is 11.6. The molecule has 1 aromatic carbocycles. The van der Waals surface area contributed by atoms with Crippen molar-refractivity contribution in [1.29, 1.82) is 0 Å². The third kappa shape index (κ3) is 5.36. The van der Waals surface area contributed by atoms with Crippen LogP contribution >= 0.6 is 26.6 Å². The van der Waals surface area contributed by atoms with E-state index in [1.165, 1.54) is 19.1 Å². The lowest BCUT2D eigenvalue weighted by atomic mass is 10.1. The van der Waals surface area contributed by atoms with Gasteiger partial charge in [0.15, 0.2) is 0 Å². The molecule has 1 rings (SSSR count). The van der Waals surface area contributed by atoms with Gasteiger partial charge in [-0.25, -0.2) is 8.42 Å². The standard InChI is InChI=1S/C12H15BrClNO4S2/c1-7(6-20(3)17)15-12(16)10-4-9(13)5-11(8(10)2)21(14,18)19/h4-5,7H,6H2,1-3H3,(H,15,16). The largest absolute Gasteiger partial charge is 0.349 e. The molecule has 21 heavy (non-hydrogen) atoms. The van der Waals surface area contributed by atoms with E-state index in [0.717, 1.165) is 0 Å². The molecule has 0 fully saturated rings. The van der Waals surface area contributed by atoms with Crippen LogP contribution in [0.5, 0.6) is 0 Å². The number of carbonyl (C=O) groups excluding carboxylic acids is 1. The SMILES string of the molecule is Cc1c(C(=O)NC(C)CS(C)=O)cc(Br)cc1S(=O)(=O)Cl. The summed E-state index contributed by atoms with van der Waals surface area (Å²) < 4.78 is 34.6. The van der Waals surface area contributed by atoms with E-state index in [1.54, 1.807) is 13.2 Å². The van der Waals surface area contributed by atoms with Crippen LogP contribution < -0.4 is 5.32 Å². The Hall–Kier alpha value is -0.440. The van der Waals surface area contributed by atoms with Gasteiger partial charge in [0.05, 0.1) is 4.90 Å². The number of amides is 1. The first-order valence-corrected chi connectivity index (χ1v) is 10.7. The third-order valence-corrected chi connectivity index (χ3v) is 5.57. The number of nitrogens with one attached hydrogen (secondary N) is 1. The first kappa shape index (κ1) is 18.6. The van der Waals surface area contributed by atoms with Crippen LogP contribution in [-0.4, -0.2) is 36.6 Å². The van der Waals surface area contributed by atoms with Crippen molar-refractivity contribution in [1.82, 2.24) is 5.32 Å². The minimum Gasteiger partial charge on any atom is -0.349 e. The smallest absolute Gasteiger partial charge is 0.261 e. The van der Waals surface area contributed by atoms with Crippen LogP contribution in [-0.2, 0) is 19.9 Å². The van der Waals surface area contributed by atoms with E-state index in [2.05, 4.69) is 21.2 Å². The molecule has 2 unspecified atom stereocenters. The number of hydrogen-bond donors (Lipinski definition) is 1. The Morgan fingerprint density at radius 3 is 2.52 bits per heavy atom. The van der Waals surface area contributed by atoms with E-state index in [4.69, 9.17) is 10.7 Å². The van der Waals surface area contributed by atoms with Gasteiger partial charge in [-0.15, -0.1) is 0 Å². The van der Waals surface area contributed by atoms with Gasteiger partial charge in [-0.1, -0.05) is 15.9 Å². The van der Waals surface area contributed by atoms with Gasteiger partial charge in [0, 0.05) is 49.6 Å². The second kappa shape index (κ2) is 7.21. The minimum absolute atomic E-state index is 0.115. The molecule has 0 spiro atoms. The van der Waals surface area contributed by atoms with Crippen molar-refractivity contribution < 1.29 is 17.4 Å². The minimum atomic E-state index is -3.95. The maximum Gasteiger partial charge on any atom is 0.261 e. The quantitative estimate of drug-likeness (QED) is 0.746. The van der Waals surface area contributed by atoms with Crippen molar-refractivity contribution >= 4 is 52.4 Å².